The number of phenolic OH excluding ortho intramolecular Hbond substituents is 2. The Morgan fingerprint density at radius 1 is 0.724 bits per heavy atom. The van der Waals surface area contributed by atoms with Gasteiger partial charge in [0, 0.05) is 12.8 Å². The van der Waals surface area contributed by atoms with Gasteiger partial charge in [-0.05, 0) is 42.3 Å². The van der Waals surface area contributed by atoms with Crippen molar-refractivity contribution in [1.29, 1.82) is 0 Å². The van der Waals surface area contributed by atoms with Gasteiger partial charge in [-0.1, -0.05) is 24.3 Å². The highest BCUT2D eigenvalue weighted by Gasteiger charge is 2.15. The van der Waals surface area contributed by atoms with Gasteiger partial charge >= 0.3 is 11.9 Å². The van der Waals surface area contributed by atoms with Crippen LogP contribution in [0.25, 0.3) is 0 Å². The first kappa shape index (κ1) is 23.4. The van der Waals surface area contributed by atoms with Gasteiger partial charge in [0.25, 0.3) is 0 Å². The van der Waals surface area contributed by atoms with Crippen molar-refractivity contribution in [1.82, 2.24) is 0 Å². The molecule has 2 N–H and O–H groups in total. The molecule has 0 aliphatic carbocycles. The molecule has 8 heteroatoms. The molecule has 0 radical (unpaired) electrons. The second-order valence-corrected chi connectivity index (χ2v) is 5.74. The van der Waals surface area contributed by atoms with E-state index in [1.807, 2.05) is 0 Å². The second-order valence-electron chi connectivity index (χ2n) is 5.74. The second kappa shape index (κ2) is 11.9. The van der Waals surface area contributed by atoms with Crippen LogP contribution in [-0.4, -0.2) is 47.4 Å². The molecule has 0 atom stereocenters. The van der Waals surface area contributed by atoms with Crippen molar-refractivity contribution in [3.05, 3.63) is 59.7 Å². The number of Topliss-reactive ketones (excluding diaryl/α,β-unsaturated/α-hetero) is 2. The Morgan fingerprint density at radius 3 is 1.45 bits per heavy atom. The first-order valence-corrected chi connectivity index (χ1v) is 8.63. The molecule has 0 aliphatic heterocycles. The van der Waals surface area contributed by atoms with Gasteiger partial charge in [-0.3, -0.25) is 9.59 Å². The summed E-state index contributed by atoms with van der Waals surface area (Å²) in [5, 5.41) is 18.0. The highest BCUT2D eigenvalue weighted by molar-refractivity contribution is 6.34. The number of esters is 2. The van der Waals surface area contributed by atoms with Gasteiger partial charge < -0.3 is 19.7 Å². The Hall–Kier alpha value is -3.68. The highest BCUT2D eigenvalue weighted by Crippen LogP contribution is 2.11. The van der Waals surface area contributed by atoms with E-state index in [-0.39, 0.29) is 30.9 Å². The van der Waals surface area contributed by atoms with E-state index in [1.165, 1.54) is 24.3 Å². The number of hydrogen-bond donors (Lipinski definition) is 2. The van der Waals surface area contributed by atoms with Crippen LogP contribution in [0.1, 0.15) is 18.1 Å². The maximum absolute atomic E-state index is 11.3. The van der Waals surface area contributed by atoms with Crippen molar-refractivity contribution in [2.45, 2.75) is 19.8 Å². The molecule has 2 rings (SSSR count). The molecule has 0 amide bonds. The zero-order valence-corrected chi connectivity index (χ0v) is 16.1. The summed E-state index contributed by atoms with van der Waals surface area (Å²) in [6, 6.07) is 12.2. The summed E-state index contributed by atoms with van der Waals surface area (Å²) >= 11 is 0. The third-order valence-corrected chi connectivity index (χ3v) is 3.52. The van der Waals surface area contributed by atoms with Gasteiger partial charge in [-0.25, -0.2) is 9.59 Å². The third kappa shape index (κ3) is 8.70. The molecule has 0 unspecified atom stereocenters. The lowest BCUT2D eigenvalue weighted by atomic mass is 10.1. The number of carbonyl (C=O) groups excluding carboxylic acids is 4. The molecule has 0 heterocycles. The maximum atomic E-state index is 11.3. The van der Waals surface area contributed by atoms with Crippen molar-refractivity contribution in [3.63, 3.8) is 0 Å². The van der Waals surface area contributed by atoms with Gasteiger partial charge in [0.15, 0.2) is 0 Å². The average molecular weight is 402 g/mol. The van der Waals surface area contributed by atoms with Crippen LogP contribution in [0.15, 0.2) is 48.5 Å². The van der Waals surface area contributed by atoms with Crippen molar-refractivity contribution < 1.29 is 38.9 Å². The van der Waals surface area contributed by atoms with E-state index in [0.717, 1.165) is 7.11 Å². The first-order chi connectivity index (χ1) is 13.8. The predicted molar refractivity (Wildman–Crippen MR) is 102 cm³/mol. The van der Waals surface area contributed by atoms with Gasteiger partial charge in [-0.2, -0.15) is 0 Å². The van der Waals surface area contributed by atoms with Crippen LogP contribution in [0, 0.1) is 0 Å². The molecule has 0 fully saturated rings. The maximum Gasteiger partial charge on any atom is 0.374 e. The number of carbonyl (C=O) groups is 4. The molecule has 8 nitrogen and oxygen atoms in total. The number of aromatic hydroxyl groups is 2. The Balaban J connectivity index is 0.000000291. The largest absolute Gasteiger partial charge is 0.508 e. The van der Waals surface area contributed by atoms with Gasteiger partial charge in [0.2, 0.25) is 11.6 Å². The fourth-order valence-electron chi connectivity index (χ4n) is 2.07. The Labute approximate surface area is 167 Å². The zero-order valence-electron chi connectivity index (χ0n) is 16.1. The summed E-state index contributed by atoms with van der Waals surface area (Å²) in [6.45, 7) is 1.84. The lowest BCUT2D eigenvalue weighted by Crippen LogP contribution is -2.19. The lowest BCUT2D eigenvalue weighted by molar-refractivity contribution is -0.153. The molecule has 2 aromatic carbocycles. The first-order valence-electron chi connectivity index (χ1n) is 8.63. The number of benzene rings is 2. The van der Waals surface area contributed by atoms with Crippen molar-refractivity contribution in [2.24, 2.45) is 0 Å². The van der Waals surface area contributed by atoms with E-state index in [2.05, 4.69) is 9.47 Å². The predicted octanol–water partition coefficient (Wildman–Crippen LogP) is 1.74. The molecule has 0 bridgehead atoms. The Kier molecular flexibility index (Phi) is 9.60. The van der Waals surface area contributed by atoms with Crippen molar-refractivity contribution in [3.8, 4) is 11.5 Å². The van der Waals surface area contributed by atoms with E-state index in [9.17, 15) is 19.2 Å². The van der Waals surface area contributed by atoms with Gasteiger partial charge in [-0.15, -0.1) is 0 Å². The summed E-state index contributed by atoms with van der Waals surface area (Å²) in [6.07, 6.45) is -0.00787. The number of hydrogen-bond acceptors (Lipinski definition) is 8. The van der Waals surface area contributed by atoms with Crippen molar-refractivity contribution in [2.75, 3.05) is 13.7 Å². The molecule has 0 saturated heterocycles. The minimum Gasteiger partial charge on any atom is -0.508 e. The van der Waals surface area contributed by atoms with E-state index >= 15 is 0 Å². The SMILES string of the molecule is CCOC(=O)C(=O)Cc1ccc(O)cc1.COC(=O)C(=O)Cc1ccc(O)cc1. The minimum absolute atomic E-state index is 0.000880. The summed E-state index contributed by atoms with van der Waals surface area (Å²) in [4.78, 5) is 44.1. The highest BCUT2D eigenvalue weighted by atomic mass is 16.5. The van der Waals surface area contributed by atoms with Gasteiger partial charge in [0.05, 0.1) is 13.7 Å². The van der Waals surface area contributed by atoms with Crippen LogP contribution in [0.4, 0.5) is 0 Å². The molecule has 29 heavy (non-hydrogen) atoms. The molecule has 0 aromatic heterocycles. The fourth-order valence-corrected chi connectivity index (χ4v) is 2.07. The summed E-state index contributed by atoms with van der Waals surface area (Å²) in [7, 11) is 1.16. The van der Waals surface area contributed by atoms with E-state index in [4.69, 9.17) is 10.2 Å². The number of phenols is 2. The molecular weight excluding hydrogens is 380 g/mol. The third-order valence-electron chi connectivity index (χ3n) is 3.52. The molecule has 154 valence electrons. The number of ketones is 2. The summed E-state index contributed by atoms with van der Waals surface area (Å²) in [5.74, 6) is -2.59. The van der Waals surface area contributed by atoms with Crippen LogP contribution in [0.2, 0.25) is 0 Å². The average Bonchev–Trinajstić information content (AvgIpc) is 2.71. The summed E-state index contributed by atoms with van der Waals surface area (Å²) < 4.78 is 8.83. The topological polar surface area (TPSA) is 127 Å². The van der Waals surface area contributed by atoms with Crippen molar-refractivity contribution >= 4 is 23.5 Å². The minimum atomic E-state index is -0.849. The molecule has 0 saturated carbocycles. The molecule has 0 spiro atoms. The zero-order chi connectivity index (χ0) is 21.8. The quantitative estimate of drug-likeness (QED) is 0.530. The number of rotatable bonds is 7. The Bertz CT molecular complexity index is 838. The van der Waals surface area contributed by atoms with Crippen LogP contribution in [-0.2, 0) is 41.5 Å². The molecule has 0 aliphatic rings. The monoisotopic (exact) mass is 402 g/mol. The number of methoxy groups -OCH3 is 1. The molecular formula is C21H22O8. The van der Waals surface area contributed by atoms with E-state index in [0.29, 0.717) is 11.1 Å². The van der Waals surface area contributed by atoms with Gasteiger partial charge in [0.1, 0.15) is 11.5 Å². The standard InChI is InChI=1S/C11H12O4.C10H10O4/c1-2-15-11(14)10(13)7-8-3-5-9(12)6-4-8;1-14-10(13)9(12)6-7-2-4-8(11)5-3-7/h3-6,12H,2,7H2,1H3;2-5,11H,6H2,1H3. The number of ether oxygens (including phenoxy) is 2. The van der Waals surface area contributed by atoms with Crippen LogP contribution in [0.3, 0.4) is 0 Å². The van der Waals surface area contributed by atoms with Crippen LogP contribution < -0.4 is 0 Å². The molecule has 2 aromatic rings. The smallest absolute Gasteiger partial charge is 0.374 e. The van der Waals surface area contributed by atoms with Crippen LogP contribution >= 0.6 is 0 Å². The van der Waals surface area contributed by atoms with Crippen LogP contribution in [0.5, 0.6) is 11.5 Å². The van der Waals surface area contributed by atoms with E-state index < -0.39 is 23.5 Å². The summed E-state index contributed by atoms with van der Waals surface area (Å²) in [5.41, 5.74) is 1.34. The van der Waals surface area contributed by atoms with E-state index in [1.54, 1.807) is 31.2 Å². The lowest BCUT2D eigenvalue weighted by Gasteiger charge is -2.01. The fraction of sp³-hybridized carbons (Fsp3) is 0.238. The normalized spacial score (nSPS) is 9.59. The Morgan fingerprint density at radius 2 is 1.10 bits per heavy atom.